The number of hydrogen-bond donors (Lipinski definition) is 0. The van der Waals surface area contributed by atoms with E-state index in [1.54, 1.807) is 0 Å². The Bertz CT molecular complexity index is 3400. The topological polar surface area (TPSA) is 13.1 Å². The molecule has 12 aromatic rings. The first kappa shape index (κ1) is 27.2. The molecule has 1 heterocycles. The Morgan fingerprint density at radius 2 is 0.843 bits per heavy atom. The highest BCUT2D eigenvalue weighted by atomic mass is 16.3. The second kappa shape index (κ2) is 9.94. The van der Waals surface area contributed by atoms with Gasteiger partial charge >= 0.3 is 0 Å². The van der Waals surface area contributed by atoms with Crippen LogP contribution in [0.5, 0.6) is 0 Å². The Morgan fingerprint density at radius 1 is 0.275 bits per heavy atom. The van der Waals surface area contributed by atoms with Crippen molar-refractivity contribution in [1.82, 2.24) is 0 Å². The molecule has 0 aliphatic heterocycles. The van der Waals surface area contributed by atoms with E-state index < -0.39 is 0 Å². The van der Waals surface area contributed by atoms with Gasteiger partial charge in [-0.05, 0) is 117 Å². The van der Waals surface area contributed by atoms with Crippen LogP contribution in [-0.4, -0.2) is 0 Å². The normalized spacial score (nSPS) is 12.3. The standard InChI is InChI=1S/C50H28O/c1-3-12-35-29(8-1)18-23-40-38-14-5-6-15-39(38)44(28-43(35)40)45-26-34(27-46-49(45)42-25-19-30-9-2-4-13-37(30)50(42)51-46)36-22-20-33-17-16-31-10-7-11-32-21-24-41(36)48(33)47(31)32/h1-28H. The average molecular weight is 645 g/mol. The van der Waals surface area contributed by atoms with Crippen LogP contribution in [0.2, 0.25) is 0 Å². The van der Waals surface area contributed by atoms with Crippen LogP contribution in [0.15, 0.2) is 174 Å². The highest BCUT2D eigenvalue weighted by Gasteiger charge is 2.21. The van der Waals surface area contributed by atoms with Gasteiger partial charge in [-0.2, -0.15) is 0 Å². The summed E-state index contributed by atoms with van der Waals surface area (Å²) in [6.07, 6.45) is 0. The molecule has 0 fully saturated rings. The summed E-state index contributed by atoms with van der Waals surface area (Å²) in [4.78, 5) is 0. The summed E-state index contributed by atoms with van der Waals surface area (Å²) >= 11 is 0. The molecule has 0 amide bonds. The molecule has 0 atom stereocenters. The quantitative estimate of drug-likeness (QED) is 0.171. The highest BCUT2D eigenvalue weighted by Crippen LogP contribution is 2.47. The van der Waals surface area contributed by atoms with Crippen molar-refractivity contribution in [3.63, 3.8) is 0 Å². The molecule has 0 spiro atoms. The van der Waals surface area contributed by atoms with Crippen LogP contribution in [0.3, 0.4) is 0 Å². The molecule has 0 saturated carbocycles. The lowest BCUT2D eigenvalue weighted by Gasteiger charge is -2.17. The Balaban J connectivity index is 1.26. The fraction of sp³-hybridized carbons (Fsp3) is 0. The number of hydrogen-bond acceptors (Lipinski definition) is 1. The molecular weight excluding hydrogens is 617 g/mol. The third kappa shape index (κ3) is 3.70. The summed E-state index contributed by atoms with van der Waals surface area (Å²) in [5.74, 6) is 0. The van der Waals surface area contributed by atoms with Crippen LogP contribution in [0.4, 0.5) is 0 Å². The molecule has 1 nitrogen and oxygen atoms in total. The van der Waals surface area contributed by atoms with Crippen molar-refractivity contribution in [3.05, 3.63) is 170 Å². The van der Waals surface area contributed by atoms with Crippen molar-refractivity contribution in [2.45, 2.75) is 0 Å². The van der Waals surface area contributed by atoms with Crippen LogP contribution < -0.4 is 0 Å². The fourth-order valence-electron chi connectivity index (χ4n) is 9.07. The summed E-state index contributed by atoms with van der Waals surface area (Å²) in [7, 11) is 0. The van der Waals surface area contributed by atoms with E-state index in [9.17, 15) is 0 Å². The Kier molecular flexibility index (Phi) is 5.29. The molecule has 0 N–H and O–H groups in total. The van der Waals surface area contributed by atoms with Gasteiger partial charge in [0, 0.05) is 16.2 Å². The lowest BCUT2D eigenvalue weighted by molar-refractivity contribution is 0.673. The number of fused-ring (bicyclic) bond motifs is 10. The van der Waals surface area contributed by atoms with Crippen LogP contribution in [-0.2, 0) is 0 Å². The van der Waals surface area contributed by atoms with Crippen molar-refractivity contribution in [2.75, 3.05) is 0 Å². The Morgan fingerprint density at radius 3 is 1.67 bits per heavy atom. The van der Waals surface area contributed by atoms with Gasteiger partial charge in [0.15, 0.2) is 0 Å². The zero-order valence-electron chi connectivity index (χ0n) is 27.6. The Labute approximate surface area is 292 Å². The summed E-state index contributed by atoms with van der Waals surface area (Å²) < 4.78 is 6.98. The van der Waals surface area contributed by atoms with Gasteiger partial charge in [-0.1, -0.05) is 146 Å². The van der Waals surface area contributed by atoms with E-state index in [0.717, 1.165) is 32.9 Å². The van der Waals surface area contributed by atoms with Crippen molar-refractivity contribution in [3.8, 4) is 22.3 Å². The third-order valence-corrected chi connectivity index (χ3v) is 11.4. The summed E-state index contributed by atoms with van der Waals surface area (Å²) in [6.45, 7) is 0. The maximum atomic E-state index is 6.98. The minimum Gasteiger partial charge on any atom is -0.455 e. The van der Waals surface area contributed by atoms with Crippen molar-refractivity contribution in [1.29, 1.82) is 0 Å². The van der Waals surface area contributed by atoms with E-state index in [4.69, 9.17) is 4.42 Å². The van der Waals surface area contributed by atoms with E-state index in [1.807, 2.05) is 0 Å². The first-order valence-corrected chi connectivity index (χ1v) is 17.7. The molecule has 1 aromatic heterocycles. The van der Waals surface area contributed by atoms with Gasteiger partial charge in [-0.3, -0.25) is 0 Å². The summed E-state index contributed by atoms with van der Waals surface area (Å²) in [5.41, 5.74) is 6.61. The smallest absolute Gasteiger partial charge is 0.143 e. The van der Waals surface area contributed by atoms with Crippen LogP contribution in [0.1, 0.15) is 0 Å². The van der Waals surface area contributed by atoms with Gasteiger partial charge in [-0.15, -0.1) is 0 Å². The van der Waals surface area contributed by atoms with Crippen molar-refractivity contribution in [2.24, 2.45) is 0 Å². The monoisotopic (exact) mass is 644 g/mol. The molecule has 0 aliphatic carbocycles. The lowest BCUT2D eigenvalue weighted by atomic mass is 9.86. The average Bonchev–Trinajstić information content (AvgIpc) is 3.58. The first-order chi connectivity index (χ1) is 25.3. The molecule has 12 rings (SSSR count). The van der Waals surface area contributed by atoms with Crippen LogP contribution >= 0.6 is 0 Å². The molecule has 0 aliphatic rings. The summed E-state index contributed by atoms with van der Waals surface area (Å²) in [5, 5.41) is 19.9. The molecule has 0 unspecified atom stereocenters. The van der Waals surface area contributed by atoms with E-state index >= 15 is 0 Å². The van der Waals surface area contributed by atoms with E-state index in [-0.39, 0.29) is 0 Å². The van der Waals surface area contributed by atoms with Crippen molar-refractivity contribution < 1.29 is 4.42 Å². The highest BCUT2D eigenvalue weighted by molar-refractivity contribution is 6.28. The molecule has 51 heavy (non-hydrogen) atoms. The molecular formula is C50H28O. The molecule has 0 radical (unpaired) electrons. The maximum Gasteiger partial charge on any atom is 0.143 e. The molecule has 234 valence electrons. The van der Waals surface area contributed by atoms with Gasteiger partial charge in [0.2, 0.25) is 0 Å². The number of benzene rings is 11. The largest absolute Gasteiger partial charge is 0.455 e. The van der Waals surface area contributed by atoms with E-state index in [1.165, 1.54) is 86.7 Å². The van der Waals surface area contributed by atoms with Gasteiger partial charge < -0.3 is 4.42 Å². The zero-order valence-corrected chi connectivity index (χ0v) is 27.6. The predicted molar refractivity (Wildman–Crippen MR) is 218 cm³/mol. The van der Waals surface area contributed by atoms with E-state index in [2.05, 4.69) is 170 Å². The Hall–Kier alpha value is -6.70. The number of rotatable bonds is 2. The molecule has 0 saturated heterocycles. The van der Waals surface area contributed by atoms with Gasteiger partial charge in [0.25, 0.3) is 0 Å². The second-order valence-electron chi connectivity index (χ2n) is 14.0. The predicted octanol–water partition coefficient (Wildman–Crippen LogP) is 14.4. The third-order valence-electron chi connectivity index (χ3n) is 11.4. The van der Waals surface area contributed by atoms with Crippen LogP contribution in [0.25, 0.3) is 120 Å². The van der Waals surface area contributed by atoms with Crippen LogP contribution in [0, 0.1) is 0 Å². The number of furan rings is 1. The minimum atomic E-state index is 0.904. The fourth-order valence-corrected chi connectivity index (χ4v) is 9.07. The van der Waals surface area contributed by atoms with Crippen molar-refractivity contribution >= 4 is 97.3 Å². The minimum absolute atomic E-state index is 0.904. The zero-order chi connectivity index (χ0) is 33.2. The molecule has 1 heteroatoms. The first-order valence-electron chi connectivity index (χ1n) is 17.7. The van der Waals surface area contributed by atoms with Gasteiger partial charge in [0.05, 0.1) is 0 Å². The lowest BCUT2D eigenvalue weighted by Crippen LogP contribution is -1.90. The molecule has 11 aromatic carbocycles. The molecule has 0 bridgehead atoms. The summed E-state index contributed by atoms with van der Waals surface area (Å²) in [6, 6.07) is 62.7. The maximum absolute atomic E-state index is 6.98. The second-order valence-corrected chi connectivity index (χ2v) is 14.0. The SMILES string of the molecule is c1ccc2c(c1)ccc1c3ccccc3c(-c3cc(-c4ccc5ccc6cccc7ccc4c5c67)cc4oc5c6ccccc6ccc5c34)cc21. The van der Waals surface area contributed by atoms with E-state index in [0.29, 0.717) is 0 Å². The van der Waals surface area contributed by atoms with Gasteiger partial charge in [0.1, 0.15) is 11.2 Å². The van der Waals surface area contributed by atoms with Gasteiger partial charge in [-0.25, -0.2) is 0 Å².